The van der Waals surface area contributed by atoms with Gasteiger partial charge in [0.15, 0.2) is 0 Å². The van der Waals surface area contributed by atoms with E-state index >= 15 is 0 Å². The molecule has 0 atom stereocenters. The second-order valence-electron chi connectivity index (χ2n) is 3.39. The van der Waals surface area contributed by atoms with E-state index in [1.165, 1.54) is 6.20 Å². The van der Waals surface area contributed by atoms with Crippen molar-refractivity contribution in [3.63, 3.8) is 0 Å². The molecule has 1 amide bonds. The summed E-state index contributed by atoms with van der Waals surface area (Å²) in [6, 6.07) is 6.76. The van der Waals surface area contributed by atoms with Gasteiger partial charge in [0.25, 0.3) is 5.91 Å². The number of nitrogens with one attached hydrogen (secondary N) is 2. The standard InChI is InChI=1S/C11H10N4O2/c12-10(17)9-5-13-15-11(9)14-8-3-1-7(6-16)2-4-8/h1-6H,(H2,12,17)(H2,13,14,15). The summed E-state index contributed by atoms with van der Waals surface area (Å²) >= 11 is 0. The molecule has 6 heteroatoms. The normalized spacial score (nSPS) is 9.88. The number of nitrogens with zero attached hydrogens (tertiary/aromatic N) is 1. The van der Waals surface area contributed by atoms with Crippen LogP contribution in [0.25, 0.3) is 0 Å². The third-order valence-corrected chi connectivity index (χ3v) is 2.22. The van der Waals surface area contributed by atoms with Crippen LogP contribution in [0.2, 0.25) is 0 Å². The minimum atomic E-state index is -0.564. The molecule has 0 bridgehead atoms. The molecule has 1 aromatic carbocycles. The number of H-pyrrole nitrogens is 1. The fourth-order valence-electron chi connectivity index (χ4n) is 1.36. The number of primary amides is 1. The van der Waals surface area contributed by atoms with Gasteiger partial charge in [0.1, 0.15) is 17.7 Å². The number of nitrogens with two attached hydrogens (primary N) is 1. The van der Waals surface area contributed by atoms with Gasteiger partial charge in [-0.1, -0.05) is 0 Å². The number of amides is 1. The van der Waals surface area contributed by atoms with E-state index in [1.807, 2.05) is 0 Å². The van der Waals surface area contributed by atoms with Gasteiger partial charge in [-0.05, 0) is 24.3 Å². The highest BCUT2D eigenvalue weighted by molar-refractivity contribution is 5.98. The number of aromatic amines is 1. The van der Waals surface area contributed by atoms with Gasteiger partial charge >= 0.3 is 0 Å². The topological polar surface area (TPSA) is 101 Å². The molecule has 0 radical (unpaired) electrons. The molecule has 2 rings (SSSR count). The van der Waals surface area contributed by atoms with Crippen molar-refractivity contribution in [3.05, 3.63) is 41.6 Å². The Labute approximate surface area is 96.8 Å². The molecule has 2 aromatic rings. The second-order valence-corrected chi connectivity index (χ2v) is 3.39. The minimum Gasteiger partial charge on any atom is -0.365 e. The SMILES string of the molecule is NC(=O)c1cn[nH]c1Nc1ccc(C=O)cc1. The Morgan fingerprint density at radius 2 is 2.06 bits per heavy atom. The average molecular weight is 230 g/mol. The molecule has 17 heavy (non-hydrogen) atoms. The maximum atomic E-state index is 11.0. The second kappa shape index (κ2) is 4.48. The molecular formula is C11H10N4O2. The summed E-state index contributed by atoms with van der Waals surface area (Å²) in [5.41, 5.74) is 6.76. The Balaban J connectivity index is 2.22. The van der Waals surface area contributed by atoms with Gasteiger partial charge in [-0.15, -0.1) is 0 Å². The molecule has 86 valence electrons. The van der Waals surface area contributed by atoms with Gasteiger partial charge in [-0.25, -0.2) is 0 Å². The molecule has 0 fully saturated rings. The molecule has 1 heterocycles. The molecule has 0 aliphatic carbocycles. The fraction of sp³-hybridized carbons (Fsp3) is 0. The third-order valence-electron chi connectivity index (χ3n) is 2.22. The van der Waals surface area contributed by atoms with Crippen molar-refractivity contribution in [2.45, 2.75) is 0 Å². The number of rotatable bonds is 4. The number of carbonyl (C=O) groups excluding carboxylic acids is 2. The Bertz CT molecular complexity index is 545. The quantitative estimate of drug-likeness (QED) is 0.683. The van der Waals surface area contributed by atoms with Crippen LogP contribution >= 0.6 is 0 Å². The minimum absolute atomic E-state index is 0.282. The van der Waals surface area contributed by atoms with Crippen LogP contribution in [0.5, 0.6) is 0 Å². The van der Waals surface area contributed by atoms with Crippen LogP contribution < -0.4 is 11.1 Å². The first-order chi connectivity index (χ1) is 8.20. The average Bonchev–Trinajstić information content (AvgIpc) is 2.78. The van der Waals surface area contributed by atoms with Gasteiger partial charge < -0.3 is 11.1 Å². The number of anilines is 2. The molecule has 0 spiro atoms. The number of carbonyl (C=O) groups is 2. The van der Waals surface area contributed by atoms with Crippen LogP contribution in [-0.2, 0) is 0 Å². The lowest BCUT2D eigenvalue weighted by Gasteiger charge is -2.04. The zero-order valence-electron chi connectivity index (χ0n) is 8.81. The predicted molar refractivity (Wildman–Crippen MR) is 62.2 cm³/mol. The predicted octanol–water partition coefficient (Wildman–Crippen LogP) is 1.06. The van der Waals surface area contributed by atoms with Gasteiger partial charge in [-0.3, -0.25) is 14.7 Å². The van der Waals surface area contributed by atoms with Crippen molar-refractivity contribution in [1.82, 2.24) is 10.2 Å². The third kappa shape index (κ3) is 2.31. The highest BCUT2D eigenvalue weighted by Crippen LogP contribution is 2.17. The fourth-order valence-corrected chi connectivity index (χ4v) is 1.36. The number of hydrogen-bond donors (Lipinski definition) is 3. The van der Waals surface area contributed by atoms with Crippen molar-refractivity contribution in [2.24, 2.45) is 5.73 Å². The largest absolute Gasteiger partial charge is 0.365 e. The zero-order valence-corrected chi connectivity index (χ0v) is 8.81. The highest BCUT2D eigenvalue weighted by Gasteiger charge is 2.10. The van der Waals surface area contributed by atoms with E-state index in [4.69, 9.17) is 5.73 Å². The van der Waals surface area contributed by atoms with Crippen molar-refractivity contribution in [1.29, 1.82) is 0 Å². The van der Waals surface area contributed by atoms with E-state index in [1.54, 1.807) is 24.3 Å². The zero-order chi connectivity index (χ0) is 12.3. The van der Waals surface area contributed by atoms with E-state index in [2.05, 4.69) is 15.5 Å². The van der Waals surface area contributed by atoms with E-state index in [9.17, 15) is 9.59 Å². The Hall–Kier alpha value is -2.63. The molecule has 0 unspecified atom stereocenters. The van der Waals surface area contributed by atoms with E-state index in [0.29, 0.717) is 11.4 Å². The van der Waals surface area contributed by atoms with Crippen LogP contribution in [0.15, 0.2) is 30.5 Å². The van der Waals surface area contributed by atoms with Crippen molar-refractivity contribution in [3.8, 4) is 0 Å². The summed E-state index contributed by atoms with van der Waals surface area (Å²) in [5, 5.41) is 9.31. The lowest BCUT2D eigenvalue weighted by atomic mass is 10.2. The first-order valence-corrected chi connectivity index (χ1v) is 4.86. The molecule has 0 aliphatic rings. The van der Waals surface area contributed by atoms with Crippen LogP contribution in [0, 0.1) is 0 Å². The van der Waals surface area contributed by atoms with Gasteiger partial charge in [0.2, 0.25) is 0 Å². The Morgan fingerprint density at radius 3 is 2.65 bits per heavy atom. The van der Waals surface area contributed by atoms with E-state index < -0.39 is 5.91 Å². The number of hydrogen-bond acceptors (Lipinski definition) is 4. The van der Waals surface area contributed by atoms with Crippen molar-refractivity contribution in [2.75, 3.05) is 5.32 Å². The van der Waals surface area contributed by atoms with Crippen molar-refractivity contribution >= 4 is 23.7 Å². The van der Waals surface area contributed by atoms with Gasteiger partial charge in [0.05, 0.1) is 6.20 Å². The number of aromatic nitrogens is 2. The molecule has 0 saturated heterocycles. The number of benzene rings is 1. The van der Waals surface area contributed by atoms with E-state index in [-0.39, 0.29) is 5.56 Å². The molecule has 0 saturated carbocycles. The summed E-state index contributed by atoms with van der Waals surface area (Å²) in [7, 11) is 0. The molecule has 0 aliphatic heterocycles. The summed E-state index contributed by atoms with van der Waals surface area (Å²) < 4.78 is 0. The van der Waals surface area contributed by atoms with Crippen LogP contribution in [0.4, 0.5) is 11.5 Å². The maximum absolute atomic E-state index is 11.0. The summed E-state index contributed by atoms with van der Waals surface area (Å²) in [4.78, 5) is 21.5. The lowest BCUT2D eigenvalue weighted by molar-refractivity contribution is 0.100. The van der Waals surface area contributed by atoms with Crippen molar-refractivity contribution < 1.29 is 9.59 Å². The number of aldehydes is 1. The first kappa shape index (κ1) is 10.9. The smallest absolute Gasteiger partial charge is 0.254 e. The highest BCUT2D eigenvalue weighted by atomic mass is 16.1. The monoisotopic (exact) mass is 230 g/mol. The molecule has 4 N–H and O–H groups in total. The first-order valence-electron chi connectivity index (χ1n) is 4.86. The molecular weight excluding hydrogens is 220 g/mol. The van der Waals surface area contributed by atoms with Gasteiger partial charge in [0, 0.05) is 11.3 Å². The van der Waals surface area contributed by atoms with Crippen LogP contribution in [0.1, 0.15) is 20.7 Å². The van der Waals surface area contributed by atoms with E-state index in [0.717, 1.165) is 12.0 Å². The van der Waals surface area contributed by atoms with Crippen LogP contribution in [0.3, 0.4) is 0 Å². The summed E-state index contributed by atoms with van der Waals surface area (Å²) in [6.45, 7) is 0. The lowest BCUT2D eigenvalue weighted by Crippen LogP contribution is -2.11. The Kier molecular flexibility index (Phi) is 2.87. The van der Waals surface area contributed by atoms with Crippen LogP contribution in [-0.4, -0.2) is 22.4 Å². The summed E-state index contributed by atoms with van der Waals surface area (Å²) in [5.74, 6) is -0.137. The maximum Gasteiger partial charge on any atom is 0.254 e. The molecule has 1 aromatic heterocycles. The summed E-state index contributed by atoms with van der Waals surface area (Å²) in [6.07, 6.45) is 2.11. The van der Waals surface area contributed by atoms with Gasteiger partial charge in [-0.2, -0.15) is 5.10 Å². The molecule has 6 nitrogen and oxygen atoms in total. The Morgan fingerprint density at radius 1 is 1.35 bits per heavy atom.